The second-order valence-corrected chi connectivity index (χ2v) is 1.68. The summed E-state index contributed by atoms with van der Waals surface area (Å²) >= 11 is 0. The molecule has 0 fully saturated rings. The van der Waals surface area contributed by atoms with E-state index in [1.165, 1.54) is 0 Å². The number of rotatable bonds is 2. The van der Waals surface area contributed by atoms with Gasteiger partial charge >= 0.3 is 0 Å². The van der Waals surface area contributed by atoms with Gasteiger partial charge in [-0.05, 0) is 13.8 Å². The first-order valence-corrected chi connectivity index (χ1v) is 2.60. The highest BCUT2D eigenvalue weighted by Crippen LogP contribution is 1.74. The van der Waals surface area contributed by atoms with E-state index in [9.17, 15) is 0 Å². The van der Waals surface area contributed by atoms with Crippen molar-refractivity contribution in [3.05, 3.63) is 12.4 Å². The van der Waals surface area contributed by atoms with Gasteiger partial charge in [0.2, 0.25) is 0 Å². The average molecular weight is 112 g/mol. The van der Waals surface area contributed by atoms with Crippen LogP contribution in [-0.4, -0.2) is 12.8 Å². The van der Waals surface area contributed by atoms with E-state index < -0.39 is 0 Å². The first kappa shape index (κ1) is 7.21. The van der Waals surface area contributed by atoms with Crippen molar-refractivity contribution in [2.75, 3.05) is 7.05 Å². The molecule has 0 spiro atoms. The van der Waals surface area contributed by atoms with Crippen LogP contribution in [0.1, 0.15) is 13.8 Å². The van der Waals surface area contributed by atoms with Crippen LogP contribution in [0, 0.1) is 0 Å². The molecule has 0 aromatic carbocycles. The number of nitrogens with one attached hydrogen (secondary N) is 1. The summed E-state index contributed by atoms with van der Waals surface area (Å²) in [6, 6.07) is 0. The fourth-order valence-corrected chi connectivity index (χ4v) is 0.261. The lowest BCUT2D eigenvalue weighted by Gasteiger charge is -1.82. The number of hydrogen-bond donors (Lipinski definition) is 1. The molecule has 0 aliphatic heterocycles. The zero-order valence-electron chi connectivity index (χ0n) is 5.60. The second kappa shape index (κ2) is 4.37. The Morgan fingerprint density at radius 2 is 2.12 bits per heavy atom. The summed E-state index contributed by atoms with van der Waals surface area (Å²) in [5.74, 6) is 0. The number of nitrogens with zero attached hydrogens (tertiary/aromatic N) is 1. The van der Waals surface area contributed by atoms with Crippen LogP contribution < -0.4 is 5.32 Å². The summed E-state index contributed by atoms with van der Waals surface area (Å²) in [5, 5.41) is 2.84. The van der Waals surface area contributed by atoms with Crippen molar-refractivity contribution in [1.29, 1.82) is 0 Å². The molecule has 46 valence electrons. The predicted molar refractivity (Wildman–Crippen MR) is 37.0 cm³/mol. The van der Waals surface area contributed by atoms with Gasteiger partial charge in [0.25, 0.3) is 0 Å². The molecule has 2 heteroatoms. The number of hydrogen-bond acceptors (Lipinski definition) is 2. The van der Waals surface area contributed by atoms with Gasteiger partial charge in [-0.25, -0.2) is 0 Å². The van der Waals surface area contributed by atoms with Crippen molar-refractivity contribution in [1.82, 2.24) is 5.32 Å². The van der Waals surface area contributed by atoms with Crippen molar-refractivity contribution in [2.24, 2.45) is 4.99 Å². The lowest BCUT2D eigenvalue weighted by atomic mass is 10.5. The highest BCUT2D eigenvalue weighted by atomic mass is 14.8. The van der Waals surface area contributed by atoms with Crippen molar-refractivity contribution in [3.63, 3.8) is 0 Å². The summed E-state index contributed by atoms with van der Waals surface area (Å²) in [5.41, 5.74) is 1.07. The van der Waals surface area contributed by atoms with E-state index in [2.05, 4.69) is 10.3 Å². The molecule has 1 N–H and O–H groups in total. The Labute approximate surface area is 50.3 Å². The van der Waals surface area contributed by atoms with Crippen molar-refractivity contribution in [3.8, 4) is 0 Å². The Kier molecular flexibility index (Phi) is 3.94. The van der Waals surface area contributed by atoms with E-state index in [1.807, 2.05) is 20.9 Å². The van der Waals surface area contributed by atoms with Gasteiger partial charge in [0, 0.05) is 25.2 Å². The zero-order valence-corrected chi connectivity index (χ0v) is 5.60. The molecule has 0 aliphatic rings. The predicted octanol–water partition coefficient (Wildman–Crippen LogP) is 1.16. The fourth-order valence-electron chi connectivity index (χ4n) is 0.261. The minimum Gasteiger partial charge on any atom is -0.393 e. The molecule has 0 bridgehead atoms. The highest BCUT2D eigenvalue weighted by Gasteiger charge is 1.67. The summed E-state index contributed by atoms with van der Waals surface area (Å²) in [6.07, 6.45) is 3.52. The minimum atomic E-state index is 1.07. The quantitative estimate of drug-likeness (QED) is 0.532. The summed E-state index contributed by atoms with van der Waals surface area (Å²) in [4.78, 5) is 3.99. The maximum absolute atomic E-state index is 3.99. The standard InChI is InChI=1S/C6H12N2/c1-6(2)8-5-4-7-3/h4-5,7H,1-3H3/b5-4-. The molecule has 0 rings (SSSR count). The second-order valence-electron chi connectivity index (χ2n) is 1.68. The van der Waals surface area contributed by atoms with Crippen LogP contribution in [-0.2, 0) is 0 Å². The van der Waals surface area contributed by atoms with Gasteiger partial charge in [-0.2, -0.15) is 0 Å². The van der Waals surface area contributed by atoms with Crippen LogP contribution in [0.25, 0.3) is 0 Å². The first-order chi connectivity index (χ1) is 3.77. The molecule has 0 unspecified atom stereocenters. The highest BCUT2D eigenvalue weighted by molar-refractivity contribution is 5.79. The summed E-state index contributed by atoms with van der Waals surface area (Å²) in [6.45, 7) is 3.92. The van der Waals surface area contributed by atoms with Gasteiger partial charge < -0.3 is 5.32 Å². The monoisotopic (exact) mass is 112 g/mol. The maximum atomic E-state index is 3.99. The third kappa shape index (κ3) is 5.21. The molecule has 0 aromatic rings. The van der Waals surface area contributed by atoms with Gasteiger partial charge in [0.15, 0.2) is 0 Å². The zero-order chi connectivity index (χ0) is 6.41. The molecular formula is C6H12N2. The maximum Gasteiger partial charge on any atom is 0.0423 e. The van der Waals surface area contributed by atoms with Gasteiger partial charge in [0.05, 0.1) is 0 Å². The van der Waals surface area contributed by atoms with E-state index in [0.717, 1.165) is 5.71 Å². The molecular weight excluding hydrogens is 100 g/mol. The van der Waals surface area contributed by atoms with E-state index in [1.54, 1.807) is 12.4 Å². The van der Waals surface area contributed by atoms with Crippen molar-refractivity contribution >= 4 is 5.71 Å². The molecule has 8 heavy (non-hydrogen) atoms. The van der Waals surface area contributed by atoms with E-state index in [0.29, 0.717) is 0 Å². The fraction of sp³-hybridized carbons (Fsp3) is 0.500. The Balaban J connectivity index is 3.42. The molecule has 2 nitrogen and oxygen atoms in total. The lowest BCUT2D eigenvalue weighted by molar-refractivity contribution is 1.09. The molecule has 0 saturated carbocycles. The van der Waals surface area contributed by atoms with Crippen LogP contribution in [0.5, 0.6) is 0 Å². The first-order valence-electron chi connectivity index (χ1n) is 2.60. The molecule has 0 aliphatic carbocycles. The van der Waals surface area contributed by atoms with Crippen LogP contribution in [0.3, 0.4) is 0 Å². The molecule has 0 radical (unpaired) electrons. The Hall–Kier alpha value is -0.790. The lowest BCUT2D eigenvalue weighted by Crippen LogP contribution is -1.90. The largest absolute Gasteiger partial charge is 0.393 e. The summed E-state index contributed by atoms with van der Waals surface area (Å²) < 4.78 is 0. The van der Waals surface area contributed by atoms with Crippen LogP contribution in [0.2, 0.25) is 0 Å². The molecule has 0 atom stereocenters. The summed E-state index contributed by atoms with van der Waals surface area (Å²) in [7, 11) is 1.84. The van der Waals surface area contributed by atoms with Gasteiger partial charge in [-0.15, -0.1) is 0 Å². The molecule has 0 saturated heterocycles. The van der Waals surface area contributed by atoms with Gasteiger partial charge in [-0.1, -0.05) is 0 Å². The van der Waals surface area contributed by atoms with Crippen molar-refractivity contribution < 1.29 is 0 Å². The topological polar surface area (TPSA) is 24.4 Å². The van der Waals surface area contributed by atoms with Crippen LogP contribution >= 0.6 is 0 Å². The average Bonchev–Trinajstić information content (AvgIpc) is 1.66. The van der Waals surface area contributed by atoms with Gasteiger partial charge in [0.1, 0.15) is 0 Å². The van der Waals surface area contributed by atoms with Crippen LogP contribution in [0.4, 0.5) is 0 Å². The van der Waals surface area contributed by atoms with Gasteiger partial charge in [-0.3, -0.25) is 4.99 Å². The molecule has 0 aromatic heterocycles. The van der Waals surface area contributed by atoms with E-state index >= 15 is 0 Å². The smallest absolute Gasteiger partial charge is 0.0423 e. The third-order valence-electron chi connectivity index (χ3n) is 0.574. The van der Waals surface area contributed by atoms with Crippen molar-refractivity contribution in [2.45, 2.75) is 13.8 Å². The normalized spacial score (nSPS) is 9.38. The Morgan fingerprint density at radius 1 is 1.50 bits per heavy atom. The Bertz CT molecular complexity index is 99.1. The molecule has 0 amide bonds. The minimum absolute atomic E-state index is 1.07. The Morgan fingerprint density at radius 3 is 2.50 bits per heavy atom. The third-order valence-corrected chi connectivity index (χ3v) is 0.574. The van der Waals surface area contributed by atoms with E-state index in [4.69, 9.17) is 0 Å². The molecule has 0 heterocycles. The number of aliphatic imine (C=N–C) groups is 1. The SMILES string of the molecule is CN/C=C\N=C(C)C. The van der Waals surface area contributed by atoms with Crippen LogP contribution in [0.15, 0.2) is 17.4 Å². The van der Waals surface area contributed by atoms with E-state index in [-0.39, 0.29) is 0 Å².